The molecule has 0 bridgehead atoms. The van der Waals surface area contributed by atoms with Crippen LogP contribution in [0.1, 0.15) is 22.8 Å². The number of aromatic nitrogens is 2. The largest absolute Gasteiger partial charge is 0.496 e. The highest BCUT2D eigenvalue weighted by molar-refractivity contribution is 5.36. The second-order valence-electron chi connectivity index (χ2n) is 4.14. The van der Waals surface area contributed by atoms with Crippen LogP contribution in [0.15, 0.2) is 22.7 Å². The third-order valence-electron chi connectivity index (χ3n) is 2.63. The van der Waals surface area contributed by atoms with Crippen LogP contribution in [0.2, 0.25) is 0 Å². The van der Waals surface area contributed by atoms with E-state index in [1.165, 1.54) is 5.56 Å². The van der Waals surface area contributed by atoms with Gasteiger partial charge < -0.3 is 14.6 Å². The molecule has 0 aliphatic heterocycles. The number of aryl methyl sites for hydroxylation is 2. The maximum Gasteiger partial charge on any atom is 0.240 e. The van der Waals surface area contributed by atoms with Gasteiger partial charge in [0.1, 0.15) is 5.75 Å². The van der Waals surface area contributed by atoms with Crippen molar-refractivity contribution in [3.63, 3.8) is 0 Å². The molecule has 1 aromatic carbocycles. The number of hydrogen-bond acceptors (Lipinski definition) is 5. The van der Waals surface area contributed by atoms with E-state index in [1.807, 2.05) is 19.1 Å². The van der Waals surface area contributed by atoms with Crippen molar-refractivity contribution in [2.24, 2.45) is 0 Å². The van der Waals surface area contributed by atoms with Gasteiger partial charge in [0, 0.05) is 6.54 Å². The van der Waals surface area contributed by atoms with Gasteiger partial charge in [-0.2, -0.15) is 4.98 Å². The predicted molar refractivity (Wildman–Crippen MR) is 67.3 cm³/mol. The monoisotopic (exact) mass is 247 g/mol. The van der Waals surface area contributed by atoms with E-state index in [2.05, 4.69) is 21.5 Å². The second kappa shape index (κ2) is 5.64. The third kappa shape index (κ3) is 3.07. The minimum Gasteiger partial charge on any atom is -0.496 e. The number of rotatable bonds is 5. The summed E-state index contributed by atoms with van der Waals surface area (Å²) in [6.45, 7) is 5.17. The van der Waals surface area contributed by atoms with Gasteiger partial charge >= 0.3 is 0 Å². The van der Waals surface area contributed by atoms with E-state index >= 15 is 0 Å². The number of hydrogen-bond donors (Lipinski definition) is 1. The molecule has 2 aromatic rings. The Kier molecular flexibility index (Phi) is 3.94. The molecule has 1 N–H and O–H groups in total. The molecule has 0 atom stereocenters. The maximum atomic E-state index is 5.22. The molecule has 96 valence electrons. The summed E-state index contributed by atoms with van der Waals surface area (Å²) in [6, 6.07) is 6.12. The van der Waals surface area contributed by atoms with Crippen LogP contribution in [0.4, 0.5) is 0 Å². The van der Waals surface area contributed by atoms with Gasteiger partial charge in [0.25, 0.3) is 0 Å². The summed E-state index contributed by atoms with van der Waals surface area (Å²) in [5, 5.41) is 7.00. The average molecular weight is 247 g/mol. The summed E-state index contributed by atoms with van der Waals surface area (Å²) < 4.78 is 10.2. The lowest BCUT2D eigenvalue weighted by Crippen LogP contribution is -2.13. The molecule has 1 heterocycles. The van der Waals surface area contributed by atoms with Crippen LogP contribution in [0.25, 0.3) is 0 Å². The van der Waals surface area contributed by atoms with Crippen LogP contribution >= 0.6 is 0 Å². The Hall–Kier alpha value is -1.88. The van der Waals surface area contributed by atoms with Crippen molar-refractivity contribution in [2.45, 2.75) is 26.9 Å². The summed E-state index contributed by atoms with van der Waals surface area (Å²) >= 11 is 0. The molecular weight excluding hydrogens is 230 g/mol. The Morgan fingerprint density at radius 3 is 2.72 bits per heavy atom. The zero-order valence-electron chi connectivity index (χ0n) is 10.9. The SMILES string of the molecule is COc1ccc(CNCc2nc(C)no2)cc1C. The summed E-state index contributed by atoms with van der Waals surface area (Å²) in [5.74, 6) is 2.18. The number of methoxy groups -OCH3 is 1. The Labute approximate surface area is 106 Å². The smallest absolute Gasteiger partial charge is 0.240 e. The standard InChI is InChI=1S/C13H17N3O2/c1-9-6-11(4-5-12(9)17-3)7-14-8-13-15-10(2)16-18-13/h4-6,14H,7-8H2,1-3H3. The van der Waals surface area contributed by atoms with E-state index in [0.29, 0.717) is 18.3 Å². The van der Waals surface area contributed by atoms with Crippen molar-refractivity contribution in [1.82, 2.24) is 15.5 Å². The predicted octanol–water partition coefficient (Wildman–Crippen LogP) is 1.98. The van der Waals surface area contributed by atoms with Gasteiger partial charge in [-0.1, -0.05) is 17.3 Å². The first kappa shape index (κ1) is 12.6. The fourth-order valence-electron chi connectivity index (χ4n) is 1.78. The molecule has 0 aliphatic rings. The van der Waals surface area contributed by atoms with Crippen LogP contribution in [0.3, 0.4) is 0 Å². The molecule has 0 spiro atoms. The minimum atomic E-state index is 0.575. The van der Waals surface area contributed by atoms with Gasteiger partial charge in [0.05, 0.1) is 13.7 Å². The second-order valence-corrected chi connectivity index (χ2v) is 4.14. The van der Waals surface area contributed by atoms with Crippen LogP contribution in [0, 0.1) is 13.8 Å². The molecule has 1 aromatic heterocycles. The molecule has 2 rings (SSSR count). The lowest BCUT2D eigenvalue weighted by molar-refractivity contribution is 0.364. The quantitative estimate of drug-likeness (QED) is 0.875. The molecule has 0 aliphatic carbocycles. The first-order chi connectivity index (χ1) is 8.69. The van der Waals surface area contributed by atoms with E-state index in [9.17, 15) is 0 Å². The zero-order valence-corrected chi connectivity index (χ0v) is 10.9. The number of benzene rings is 1. The van der Waals surface area contributed by atoms with E-state index in [1.54, 1.807) is 14.0 Å². The first-order valence-electron chi connectivity index (χ1n) is 5.82. The molecular formula is C13H17N3O2. The molecule has 18 heavy (non-hydrogen) atoms. The topological polar surface area (TPSA) is 60.2 Å². The first-order valence-corrected chi connectivity index (χ1v) is 5.82. The molecule has 0 saturated heterocycles. The highest BCUT2D eigenvalue weighted by Crippen LogP contribution is 2.18. The van der Waals surface area contributed by atoms with Crippen LogP contribution in [-0.2, 0) is 13.1 Å². The van der Waals surface area contributed by atoms with Crippen molar-refractivity contribution in [2.75, 3.05) is 7.11 Å². The molecule has 0 amide bonds. The van der Waals surface area contributed by atoms with Crippen molar-refractivity contribution in [1.29, 1.82) is 0 Å². The lowest BCUT2D eigenvalue weighted by Gasteiger charge is -2.07. The fraction of sp³-hybridized carbons (Fsp3) is 0.385. The van der Waals surface area contributed by atoms with Gasteiger partial charge in [-0.05, 0) is 31.0 Å². The van der Waals surface area contributed by atoms with Gasteiger partial charge in [0.2, 0.25) is 5.89 Å². The Morgan fingerprint density at radius 1 is 1.28 bits per heavy atom. The van der Waals surface area contributed by atoms with Crippen LogP contribution in [0.5, 0.6) is 5.75 Å². The zero-order chi connectivity index (χ0) is 13.0. The van der Waals surface area contributed by atoms with Crippen LogP contribution in [-0.4, -0.2) is 17.3 Å². The summed E-state index contributed by atoms with van der Waals surface area (Å²) in [6.07, 6.45) is 0. The summed E-state index contributed by atoms with van der Waals surface area (Å²) in [4.78, 5) is 4.13. The third-order valence-corrected chi connectivity index (χ3v) is 2.63. The van der Waals surface area contributed by atoms with Gasteiger partial charge in [-0.15, -0.1) is 0 Å². The fourth-order valence-corrected chi connectivity index (χ4v) is 1.78. The number of nitrogens with one attached hydrogen (secondary N) is 1. The molecule has 5 nitrogen and oxygen atoms in total. The van der Waals surface area contributed by atoms with E-state index in [-0.39, 0.29) is 0 Å². The lowest BCUT2D eigenvalue weighted by atomic mass is 10.1. The molecule has 0 radical (unpaired) electrons. The van der Waals surface area contributed by atoms with Crippen molar-refractivity contribution >= 4 is 0 Å². The number of ether oxygens (including phenoxy) is 1. The van der Waals surface area contributed by atoms with Crippen LogP contribution < -0.4 is 10.1 Å². The molecule has 5 heteroatoms. The molecule has 0 saturated carbocycles. The normalized spacial score (nSPS) is 10.6. The highest BCUT2D eigenvalue weighted by atomic mass is 16.5. The maximum absolute atomic E-state index is 5.22. The van der Waals surface area contributed by atoms with Gasteiger partial charge in [-0.25, -0.2) is 0 Å². The van der Waals surface area contributed by atoms with Crippen molar-refractivity contribution in [3.8, 4) is 5.75 Å². The van der Waals surface area contributed by atoms with E-state index in [0.717, 1.165) is 17.9 Å². The Balaban J connectivity index is 1.88. The van der Waals surface area contributed by atoms with Crippen molar-refractivity contribution in [3.05, 3.63) is 41.0 Å². The van der Waals surface area contributed by atoms with Crippen molar-refractivity contribution < 1.29 is 9.26 Å². The van der Waals surface area contributed by atoms with E-state index in [4.69, 9.17) is 9.26 Å². The van der Waals surface area contributed by atoms with Gasteiger partial charge in [0.15, 0.2) is 5.82 Å². The average Bonchev–Trinajstić information content (AvgIpc) is 2.75. The molecule has 0 fully saturated rings. The molecule has 0 unspecified atom stereocenters. The Morgan fingerprint density at radius 2 is 2.11 bits per heavy atom. The Bertz CT molecular complexity index is 523. The number of nitrogens with zero attached hydrogens (tertiary/aromatic N) is 2. The van der Waals surface area contributed by atoms with Gasteiger partial charge in [-0.3, -0.25) is 0 Å². The highest BCUT2D eigenvalue weighted by Gasteiger charge is 2.03. The summed E-state index contributed by atoms with van der Waals surface area (Å²) in [7, 11) is 1.68. The minimum absolute atomic E-state index is 0.575. The summed E-state index contributed by atoms with van der Waals surface area (Å²) in [5.41, 5.74) is 2.33. The van der Waals surface area contributed by atoms with E-state index < -0.39 is 0 Å².